The standard InChI is InChI=1S/C40H30BrCl2F3N4O6/c41-22-5-12-31(52)28(16-22)33-25-10-11-26-32(37(55)49(35(26)53)14-13-19-1-8-24(51)9-2-19)27(25)17-29-36(54)50(38(56)39(29,33)20-3-6-23(42)7-4-20)48-34-30(43)15-21(18-47-34)40(44,45)46/h1-10,12,15-16,18,26-27,29,32-33,51-52H,11,13-14,17H2,(H,47,48). The van der Waals surface area contributed by atoms with Gasteiger partial charge in [-0.3, -0.25) is 29.5 Å². The second-order valence-corrected chi connectivity index (χ2v) is 16.1. The van der Waals surface area contributed by atoms with Crippen molar-refractivity contribution in [1.29, 1.82) is 0 Å². The smallest absolute Gasteiger partial charge is 0.417 e. The quantitative estimate of drug-likeness (QED) is 0.126. The average molecular weight is 871 g/mol. The summed E-state index contributed by atoms with van der Waals surface area (Å²) >= 11 is 16.1. The molecule has 0 spiro atoms. The zero-order chi connectivity index (χ0) is 39.8. The highest BCUT2D eigenvalue weighted by Crippen LogP contribution is 2.65. The lowest BCUT2D eigenvalue weighted by atomic mass is 9.49. The maximum Gasteiger partial charge on any atom is 0.417 e. The number of benzene rings is 3. The van der Waals surface area contributed by atoms with Crippen LogP contribution >= 0.6 is 39.1 Å². The van der Waals surface area contributed by atoms with E-state index < -0.39 is 69.5 Å². The van der Waals surface area contributed by atoms with E-state index >= 15 is 4.79 Å². The summed E-state index contributed by atoms with van der Waals surface area (Å²) in [6, 6.07) is 18.1. The Morgan fingerprint density at radius 2 is 1.62 bits per heavy atom. The molecule has 6 atom stereocenters. The molecule has 10 nitrogen and oxygen atoms in total. The van der Waals surface area contributed by atoms with E-state index in [9.17, 15) is 37.8 Å². The van der Waals surface area contributed by atoms with Crippen molar-refractivity contribution in [3.05, 3.63) is 127 Å². The van der Waals surface area contributed by atoms with Crippen molar-refractivity contribution in [3.63, 3.8) is 0 Å². The van der Waals surface area contributed by atoms with Crippen LogP contribution in [0.1, 0.15) is 41.0 Å². The highest BCUT2D eigenvalue weighted by Gasteiger charge is 2.70. The molecule has 2 aliphatic heterocycles. The molecule has 3 aromatic carbocycles. The molecule has 56 heavy (non-hydrogen) atoms. The van der Waals surface area contributed by atoms with Gasteiger partial charge in [-0.15, -0.1) is 0 Å². The molecule has 3 N–H and O–H groups in total. The number of carbonyl (C=O) groups excluding carboxylic acids is 4. The summed E-state index contributed by atoms with van der Waals surface area (Å²) < 4.78 is 41.0. The fraction of sp³-hybridized carbons (Fsp3) is 0.275. The van der Waals surface area contributed by atoms with E-state index in [1.807, 2.05) is 6.08 Å². The Bertz CT molecular complexity index is 2340. The summed E-state index contributed by atoms with van der Waals surface area (Å²) in [5.41, 5.74) is 1.67. The molecule has 4 amide bonds. The van der Waals surface area contributed by atoms with Gasteiger partial charge >= 0.3 is 6.18 Å². The van der Waals surface area contributed by atoms with Crippen LogP contribution in [0.4, 0.5) is 19.0 Å². The number of imide groups is 2. The van der Waals surface area contributed by atoms with Crippen LogP contribution in [0.3, 0.4) is 0 Å². The van der Waals surface area contributed by atoms with Crippen LogP contribution in [0.15, 0.2) is 95.1 Å². The number of nitrogens with one attached hydrogen (secondary N) is 1. The van der Waals surface area contributed by atoms with Gasteiger partial charge in [-0.05, 0) is 84.8 Å². The van der Waals surface area contributed by atoms with Crippen LogP contribution < -0.4 is 5.43 Å². The molecule has 2 aliphatic carbocycles. The number of phenolic OH excluding ortho intramolecular Hbond substituents is 2. The van der Waals surface area contributed by atoms with Crippen molar-refractivity contribution < 1.29 is 42.6 Å². The number of phenols is 2. The van der Waals surface area contributed by atoms with Crippen LogP contribution in [-0.2, 0) is 37.2 Å². The van der Waals surface area contributed by atoms with Gasteiger partial charge in [0.1, 0.15) is 11.5 Å². The van der Waals surface area contributed by atoms with Gasteiger partial charge in [-0.2, -0.15) is 18.2 Å². The van der Waals surface area contributed by atoms with E-state index in [4.69, 9.17) is 23.2 Å². The summed E-state index contributed by atoms with van der Waals surface area (Å²) in [4.78, 5) is 63.5. The molecule has 1 saturated carbocycles. The van der Waals surface area contributed by atoms with Gasteiger partial charge in [0.05, 0.1) is 33.8 Å². The third kappa shape index (κ3) is 6.04. The van der Waals surface area contributed by atoms with Crippen LogP contribution in [-0.4, -0.2) is 55.3 Å². The first kappa shape index (κ1) is 38.0. The Labute approximate surface area is 336 Å². The van der Waals surface area contributed by atoms with Crippen LogP contribution in [0.25, 0.3) is 0 Å². The number of allylic oxidation sites excluding steroid dienone is 2. The van der Waals surface area contributed by atoms with Crippen molar-refractivity contribution in [2.24, 2.45) is 23.7 Å². The summed E-state index contributed by atoms with van der Waals surface area (Å²) in [5.74, 6) is -7.53. The number of hydrazine groups is 1. The minimum absolute atomic E-state index is 0.0668. The van der Waals surface area contributed by atoms with E-state index in [1.54, 1.807) is 48.5 Å². The van der Waals surface area contributed by atoms with Crippen molar-refractivity contribution in [3.8, 4) is 11.5 Å². The first-order valence-corrected chi connectivity index (χ1v) is 19.1. The monoisotopic (exact) mass is 868 g/mol. The lowest BCUT2D eigenvalue weighted by molar-refractivity contribution is -0.141. The zero-order valence-electron chi connectivity index (χ0n) is 28.9. The number of hydrogen-bond acceptors (Lipinski definition) is 8. The van der Waals surface area contributed by atoms with Gasteiger partial charge in [0.15, 0.2) is 5.82 Å². The Morgan fingerprint density at radius 3 is 2.30 bits per heavy atom. The molecule has 2 saturated heterocycles. The van der Waals surface area contributed by atoms with E-state index in [0.717, 1.165) is 5.56 Å². The summed E-state index contributed by atoms with van der Waals surface area (Å²) in [6.07, 6.45) is -1.97. The van der Waals surface area contributed by atoms with Crippen LogP contribution in [0.5, 0.6) is 11.5 Å². The number of aromatic nitrogens is 1. The Kier molecular flexibility index (Phi) is 9.44. The number of amides is 4. The molecule has 288 valence electrons. The second kappa shape index (κ2) is 13.9. The number of pyridine rings is 1. The number of fused-ring (bicyclic) bond motifs is 4. The number of carbonyl (C=O) groups is 4. The number of halogens is 6. The Balaban J connectivity index is 1.26. The molecule has 6 unspecified atom stereocenters. The van der Waals surface area contributed by atoms with Crippen LogP contribution in [0.2, 0.25) is 10.0 Å². The molecule has 4 aliphatic rings. The van der Waals surface area contributed by atoms with Crippen molar-refractivity contribution in [2.75, 3.05) is 12.0 Å². The van der Waals surface area contributed by atoms with Crippen molar-refractivity contribution in [2.45, 2.75) is 36.8 Å². The fourth-order valence-electron chi connectivity index (χ4n) is 9.07. The number of nitrogens with zero attached hydrogens (tertiary/aromatic N) is 3. The lowest BCUT2D eigenvalue weighted by Crippen LogP contribution is -2.53. The predicted molar refractivity (Wildman–Crippen MR) is 201 cm³/mol. The first-order valence-electron chi connectivity index (χ1n) is 17.6. The minimum atomic E-state index is -4.76. The van der Waals surface area contributed by atoms with Gasteiger partial charge in [0.2, 0.25) is 11.8 Å². The SMILES string of the molecule is O=C1C2CC=C3C(CC4C(=O)N(Nc5ncc(C(F)(F)F)cc5Cl)C(=O)C4(c4ccc(Cl)cc4)C3c3cc(Br)ccc3O)C2C(=O)N1CCc1ccc(O)cc1. The Hall–Kier alpha value is -4.92. The normalized spacial score (nSPS) is 25.9. The first-order chi connectivity index (χ1) is 26.6. The number of alkyl halides is 3. The zero-order valence-corrected chi connectivity index (χ0v) is 32.0. The maximum atomic E-state index is 15.3. The molecular weight excluding hydrogens is 840 g/mol. The molecular formula is C40H30BrCl2F3N4O6. The number of likely N-dealkylation sites (tertiary alicyclic amines) is 1. The molecule has 0 radical (unpaired) electrons. The predicted octanol–water partition coefficient (Wildman–Crippen LogP) is 7.81. The average Bonchev–Trinajstić information content (AvgIpc) is 3.53. The summed E-state index contributed by atoms with van der Waals surface area (Å²) in [7, 11) is 0. The molecule has 1 aromatic heterocycles. The van der Waals surface area contributed by atoms with Crippen molar-refractivity contribution in [1.82, 2.24) is 14.9 Å². The Morgan fingerprint density at radius 1 is 0.911 bits per heavy atom. The van der Waals surface area contributed by atoms with Gasteiger partial charge in [0.25, 0.3) is 11.8 Å². The van der Waals surface area contributed by atoms with Gasteiger partial charge in [-0.25, -0.2) is 4.98 Å². The summed E-state index contributed by atoms with van der Waals surface area (Å²) in [5, 5.41) is 21.8. The molecule has 3 heterocycles. The molecule has 3 fully saturated rings. The highest BCUT2D eigenvalue weighted by atomic mass is 79.9. The van der Waals surface area contributed by atoms with E-state index in [-0.39, 0.29) is 48.2 Å². The maximum absolute atomic E-state index is 15.3. The molecule has 8 rings (SSSR count). The van der Waals surface area contributed by atoms with E-state index in [2.05, 4.69) is 26.3 Å². The molecule has 0 bridgehead atoms. The fourth-order valence-corrected chi connectivity index (χ4v) is 9.79. The highest BCUT2D eigenvalue weighted by molar-refractivity contribution is 9.10. The van der Waals surface area contributed by atoms with Crippen molar-refractivity contribution >= 4 is 68.6 Å². The van der Waals surface area contributed by atoms with Gasteiger partial charge < -0.3 is 10.2 Å². The number of anilines is 1. The lowest BCUT2D eigenvalue weighted by Gasteiger charge is -2.50. The molecule has 16 heteroatoms. The van der Waals surface area contributed by atoms with Gasteiger partial charge in [0, 0.05) is 33.7 Å². The minimum Gasteiger partial charge on any atom is -0.508 e. The number of aromatic hydroxyl groups is 2. The van der Waals surface area contributed by atoms with E-state index in [1.165, 1.54) is 23.1 Å². The summed E-state index contributed by atoms with van der Waals surface area (Å²) in [6.45, 7) is 0.0848. The third-order valence-electron chi connectivity index (χ3n) is 11.5. The second-order valence-electron chi connectivity index (χ2n) is 14.4. The van der Waals surface area contributed by atoms with Crippen LogP contribution in [0, 0.1) is 23.7 Å². The topological polar surface area (TPSA) is 140 Å². The number of rotatable bonds is 7. The largest absolute Gasteiger partial charge is 0.508 e. The number of hydrogen-bond donors (Lipinski definition) is 3. The van der Waals surface area contributed by atoms with E-state index in [0.29, 0.717) is 44.3 Å². The molecule has 4 aromatic rings. The third-order valence-corrected chi connectivity index (χ3v) is 12.5. The van der Waals surface area contributed by atoms with Gasteiger partial charge in [-0.1, -0.05) is 75.0 Å².